The standard InChI is InChI=1S/C18H29NO3/c1-14-5-3-4-6-18(14)19-11-16(20)13-22-12-15-7-9-17(21-2)10-8-15/h7-10,14,16,18-20H,3-6,11-13H2,1-2H3/t14-,16+,18-/m1/s1. The highest BCUT2D eigenvalue weighted by Gasteiger charge is 2.21. The summed E-state index contributed by atoms with van der Waals surface area (Å²) in [4.78, 5) is 0. The molecule has 1 aromatic carbocycles. The van der Waals surface area contributed by atoms with Crippen LogP contribution in [-0.2, 0) is 11.3 Å². The molecule has 4 heteroatoms. The summed E-state index contributed by atoms with van der Waals surface area (Å²) in [6, 6.07) is 8.34. The lowest BCUT2D eigenvalue weighted by Crippen LogP contribution is -2.42. The van der Waals surface area contributed by atoms with Gasteiger partial charge in [0.15, 0.2) is 0 Å². The Labute approximate surface area is 133 Å². The first-order chi connectivity index (χ1) is 10.7. The first kappa shape index (κ1) is 17.3. The number of rotatable bonds is 8. The minimum atomic E-state index is -0.452. The van der Waals surface area contributed by atoms with Gasteiger partial charge < -0.3 is 19.9 Å². The predicted molar refractivity (Wildman–Crippen MR) is 88.1 cm³/mol. The molecule has 0 heterocycles. The topological polar surface area (TPSA) is 50.7 Å². The van der Waals surface area contributed by atoms with Gasteiger partial charge >= 0.3 is 0 Å². The van der Waals surface area contributed by atoms with Crippen LogP contribution in [0.3, 0.4) is 0 Å². The van der Waals surface area contributed by atoms with Crippen molar-refractivity contribution in [2.45, 2.75) is 51.4 Å². The van der Waals surface area contributed by atoms with Crippen molar-refractivity contribution < 1.29 is 14.6 Å². The van der Waals surface area contributed by atoms with Crippen LogP contribution in [0.5, 0.6) is 5.75 Å². The Balaban J connectivity index is 1.61. The second-order valence-electron chi connectivity index (χ2n) is 6.29. The molecule has 3 atom stereocenters. The van der Waals surface area contributed by atoms with Crippen LogP contribution in [0.15, 0.2) is 24.3 Å². The van der Waals surface area contributed by atoms with E-state index < -0.39 is 6.10 Å². The molecule has 124 valence electrons. The van der Waals surface area contributed by atoms with E-state index >= 15 is 0 Å². The molecule has 2 rings (SSSR count). The summed E-state index contributed by atoms with van der Waals surface area (Å²) in [6.07, 6.45) is 4.70. The van der Waals surface area contributed by atoms with Gasteiger partial charge in [-0.05, 0) is 36.5 Å². The van der Waals surface area contributed by atoms with Crippen molar-refractivity contribution in [1.29, 1.82) is 0 Å². The van der Waals surface area contributed by atoms with E-state index in [-0.39, 0.29) is 0 Å². The van der Waals surface area contributed by atoms with Gasteiger partial charge in [0.1, 0.15) is 5.75 Å². The maximum absolute atomic E-state index is 10.0. The van der Waals surface area contributed by atoms with Gasteiger partial charge in [-0.2, -0.15) is 0 Å². The fourth-order valence-corrected chi connectivity index (χ4v) is 3.00. The number of methoxy groups -OCH3 is 1. The first-order valence-electron chi connectivity index (χ1n) is 8.31. The molecule has 0 bridgehead atoms. The van der Waals surface area contributed by atoms with Crippen LogP contribution in [0, 0.1) is 5.92 Å². The highest BCUT2D eigenvalue weighted by molar-refractivity contribution is 5.26. The molecule has 4 nitrogen and oxygen atoms in total. The van der Waals surface area contributed by atoms with E-state index in [1.165, 1.54) is 25.7 Å². The minimum absolute atomic E-state index is 0.361. The van der Waals surface area contributed by atoms with Gasteiger partial charge in [0, 0.05) is 12.6 Å². The van der Waals surface area contributed by atoms with Crippen molar-refractivity contribution in [3.8, 4) is 5.75 Å². The molecule has 0 aromatic heterocycles. The van der Waals surface area contributed by atoms with Crippen molar-refractivity contribution in [2.24, 2.45) is 5.92 Å². The zero-order valence-electron chi connectivity index (χ0n) is 13.8. The minimum Gasteiger partial charge on any atom is -0.497 e. The smallest absolute Gasteiger partial charge is 0.118 e. The molecule has 0 aliphatic heterocycles. The van der Waals surface area contributed by atoms with E-state index in [0.29, 0.717) is 31.7 Å². The Kier molecular flexibility index (Phi) is 7.16. The molecule has 1 fully saturated rings. The molecular formula is C18H29NO3. The van der Waals surface area contributed by atoms with Crippen LogP contribution in [0.1, 0.15) is 38.2 Å². The maximum Gasteiger partial charge on any atom is 0.118 e. The van der Waals surface area contributed by atoms with E-state index in [4.69, 9.17) is 9.47 Å². The number of hydrogen-bond acceptors (Lipinski definition) is 4. The Morgan fingerprint density at radius 2 is 1.95 bits per heavy atom. The molecule has 1 saturated carbocycles. The van der Waals surface area contributed by atoms with Gasteiger partial charge in [-0.25, -0.2) is 0 Å². The predicted octanol–water partition coefficient (Wildman–Crippen LogP) is 2.74. The lowest BCUT2D eigenvalue weighted by atomic mass is 9.86. The highest BCUT2D eigenvalue weighted by Crippen LogP contribution is 2.23. The molecule has 0 amide bonds. The monoisotopic (exact) mass is 307 g/mol. The number of aliphatic hydroxyl groups excluding tert-OH is 1. The third-order valence-electron chi connectivity index (χ3n) is 4.47. The molecule has 1 aliphatic carbocycles. The number of hydrogen-bond donors (Lipinski definition) is 2. The second-order valence-corrected chi connectivity index (χ2v) is 6.29. The summed E-state index contributed by atoms with van der Waals surface area (Å²) < 4.78 is 10.7. The number of benzene rings is 1. The lowest BCUT2D eigenvalue weighted by molar-refractivity contribution is 0.0260. The Morgan fingerprint density at radius 3 is 2.64 bits per heavy atom. The van der Waals surface area contributed by atoms with Crippen LogP contribution < -0.4 is 10.1 Å². The molecule has 2 N–H and O–H groups in total. The molecule has 1 aromatic rings. The summed E-state index contributed by atoms with van der Waals surface area (Å²) in [5, 5.41) is 13.5. The first-order valence-corrected chi connectivity index (χ1v) is 8.31. The van der Waals surface area contributed by atoms with Gasteiger partial charge in [0.25, 0.3) is 0 Å². The van der Waals surface area contributed by atoms with Crippen molar-refractivity contribution >= 4 is 0 Å². The normalized spacial score (nSPS) is 23.2. The number of aliphatic hydroxyl groups is 1. The average molecular weight is 307 g/mol. The highest BCUT2D eigenvalue weighted by atomic mass is 16.5. The van der Waals surface area contributed by atoms with Crippen molar-refractivity contribution in [1.82, 2.24) is 5.32 Å². The van der Waals surface area contributed by atoms with Crippen LogP contribution in [0.4, 0.5) is 0 Å². The lowest BCUT2D eigenvalue weighted by Gasteiger charge is -2.30. The van der Waals surface area contributed by atoms with E-state index in [1.807, 2.05) is 24.3 Å². The van der Waals surface area contributed by atoms with Crippen LogP contribution in [0.2, 0.25) is 0 Å². The fraction of sp³-hybridized carbons (Fsp3) is 0.667. The van der Waals surface area contributed by atoms with Gasteiger partial charge in [0.2, 0.25) is 0 Å². The van der Waals surface area contributed by atoms with E-state index in [1.54, 1.807) is 7.11 Å². The molecule has 1 aliphatic rings. The van der Waals surface area contributed by atoms with Crippen LogP contribution in [0.25, 0.3) is 0 Å². The van der Waals surface area contributed by atoms with Crippen molar-refractivity contribution in [2.75, 3.05) is 20.3 Å². The maximum atomic E-state index is 10.0. The van der Waals surface area contributed by atoms with Gasteiger partial charge in [0.05, 0.1) is 26.4 Å². The van der Waals surface area contributed by atoms with Gasteiger partial charge in [-0.3, -0.25) is 0 Å². The van der Waals surface area contributed by atoms with E-state index in [9.17, 15) is 5.11 Å². The van der Waals surface area contributed by atoms with E-state index in [2.05, 4.69) is 12.2 Å². The number of ether oxygens (including phenoxy) is 2. The number of nitrogens with one attached hydrogen (secondary N) is 1. The zero-order valence-corrected chi connectivity index (χ0v) is 13.8. The Bertz CT molecular complexity index is 421. The summed E-state index contributed by atoms with van der Waals surface area (Å²) in [6.45, 7) is 3.78. The largest absolute Gasteiger partial charge is 0.497 e. The molecule has 0 radical (unpaired) electrons. The Hall–Kier alpha value is -1.10. The summed E-state index contributed by atoms with van der Waals surface area (Å²) >= 11 is 0. The van der Waals surface area contributed by atoms with Crippen molar-refractivity contribution in [3.05, 3.63) is 29.8 Å². The third-order valence-corrected chi connectivity index (χ3v) is 4.47. The third kappa shape index (κ3) is 5.59. The van der Waals surface area contributed by atoms with Crippen LogP contribution >= 0.6 is 0 Å². The molecular weight excluding hydrogens is 278 g/mol. The summed E-state index contributed by atoms with van der Waals surface area (Å²) in [5.74, 6) is 1.55. The molecule has 0 unspecified atom stereocenters. The Morgan fingerprint density at radius 1 is 1.23 bits per heavy atom. The van der Waals surface area contributed by atoms with Gasteiger partial charge in [-0.15, -0.1) is 0 Å². The quantitative estimate of drug-likeness (QED) is 0.775. The van der Waals surface area contributed by atoms with E-state index in [0.717, 1.165) is 11.3 Å². The summed E-state index contributed by atoms with van der Waals surface area (Å²) in [7, 11) is 1.65. The fourth-order valence-electron chi connectivity index (χ4n) is 3.00. The summed E-state index contributed by atoms with van der Waals surface area (Å²) in [5.41, 5.74) is 1.09. The zero-order chi connectivity index (χ0) is 15.8. The SMILES string of the molecule is COc1ccc(COC[C@@H](O)CN[C@@H]2CCCC[C@H]2C)cc1. The average Bonchev–Trinajstić information content (AvgIpc) is 2.55. The van der Waals surface area contributed by atoms with Crippen LogP contribution in [-0.4, -0.2) is 37.5 Å². The van der Waals surface area contributed by atoms with Crippen molar-refractivity contribution in [3.63, 3.8) is 0 Å². The second kappa shape index (κ2) is 9.13. The van der Waals surface area contributed by atoms with Gasteiger partial charge in [-0.1, -0.05) is 31.9 Å². The molecule has 22 heavy (non-hydrogen) atoms. The molecule has 0 saturated heterocycles. The molecule has 0 spiro atoms.